The van der Waals surface area contributed by atoms with Gasteiger partial charge in [-0.1, -0.05) is 29.8 Å². The molecule has 2 aromatic rings. The highest BCUT2D eigenvalue weighted by atomic mass is 14.9. The summed E-state index contributed by atoms with van der Waals surface area (Å²) >= 11 is 0. The maximum absolute atomic E-state index is 6.02. The summed E-state index contributed by atoms with van der Waals surface area (Å²) in [5.74, 6) is 0. The molecule has 2 aromatic carbocycles. The summed E-state index contributed by atoms with van der Waals surface area (Å²) in [5.41, 5.74) is 12.9. The summed E-state index contributed by atoms with van der Waals surface area (Å²) in [6, 6.07) is 12.6. The van der Waals surface area contributed by atoms with Crippen LogP contribution in [-0.4, -0.2) is 0 Å². The molecule has 0 aliphatic carbocycles. The first kappa shape index (κ1) is 12.5. The highest BCUT2D eigenvalue weighted by Crippen LogP contribution is 2.23. The molecule has 18 heavy (non-hydrogen) atoms. The Morgan fingerprint density at radius 1 is 1.00 bits per heavy atom. The lowest BCUT2D eigenvalue weighted by molar-refractivity contribution is 1.14. The molecule has 0 aliphatic rings. The van der Waals surface area contributed by atoms with Crippen molar-refractivity contribution in [1.29, 1.82) is 0 Å². The van der Waals surface area contributed by atoms with Gasteiger partial charge in [0.05, 0.1) is 11.4 Å². The molecule has 0 saturated heterocycles. The first-order chi connectivity index (χ1) is 8.56. The molecule has 2 rings (SSSR count). The van der Waals surface area contributed by atoms with E-state index < -0.39 is 0 Å². The zero-order valence-electron chi connectivity index (χ0n) is 11.2. The second kappa shape index (κ2) is 5.13. The first-order valence-electron chi connectivity index (χ1n) is 6.22. The van der Waals surface area contributed by atoms with Crippen molar-refractivity contribution in [2.75, 3.05) is 11.1 Å². The lowest BCUT2D eigenvalue weighted by Gasteiger charge is -2.12. The third-order valence-corrected chi connectivity index (χ3v) is 3.23. The summed E-state index contributed by atoms with van der Waals surface area (Å²) in [5, 5.41) is 3.40. The van der Waals surface area contributed by atoms with Crippen molar-refractivity contribution in [3.63, 3.8) is 0 Å². The van der Waals surface area contributed by atoms with Crippen LogP contribution < -0.4 is 11.1 Å². The SMILES string of the molecule is Cc1cccc(CNc2cc(C)c(C)cc2N)c1. The number of nitrogen functional groups attached to an aromatic ring is 1. The minimum Gasteiger partial charge on any atom is -0.397 e. The van der Waals surface area contributed by atoms with Gasteiger partial charge in [0.2, 0.25) is 0 Å². The van der Waals surface area contributed by atoms with Crippen LogP contribution in [0.4, 0.5) is 11.4 Å². The predicted molar refractivity (Wildman–Crippen MR) is 78.8 cm³/mol. The van der Waals surface area contributed by atoms with Crippen LogP contribution in [0.15, 0.2) is 36.4 Å². The minimum absolute atomic E-state index is 0.800. The number of hydrogen-bond donors (Lipinski definition) is 2. The number of nitrogens with two attached hydrogens (primary N) is 1. The monoisotopic (exact) mass is 240 g/mol. The van der Waals surface area contributed by atoms with Crippen molar-refractivity contribution in [2.24, 2.45) is 0 Å². The second-order valence-electron chi connectivity index (χ2n) is 4.87. The number of anilines is 2. The third kappa shape index (κ3) is 2.83. The molecule has 0 fully saturated rings. The summed E-state index contributed by atoms with van der Waals surface area (Å²) in [7, 11) is 0. The smallest absolute Gasteiger partial charge is 0.0579 e. The van der Waals surface area contributed by atoms with Crippen LogP contribution in [0.2, 0.25) is 0 Å². The van der Waals surface area contributed by atoms with Gasteiger partial charge in [0.1, 0.15) is 0 Å². The molecule has 94 valence electrons. The van der Waals surface area contributed by atoms with E-state index in [0.717, 1.165) is 17.9 Å². The zero-order valence-corrected chi connectivity index (χ0v) is 11.2. The molecule has 0 aromatic heterocycles. The van der Waals surface area contributed by atoms with Gasteiger partial charge in [-0.25, -0.2) is 0 Å². The van der Waals surface area contributed by atoms with Gasteiger partial charge in [-0.3, -0.25) is 0 Å². The molecule has 0 bridgehead atoms. The van der Waals surface area contributed by atoms with Gasteiger partial charge in [0.25, 0.3) is 0 Å². The number of nitrogens with one attached hydrogen (secondary N) is 1. The summed E-state index contributed by atoms with van der Waals surface area (Å²) in [6.45, 7) is 7.09. The fraction of sp³-hybridized carbons (Fsp3) is 0.250. The highest BCUT2D eigenvalue weighted by Gasteiger charge is 2.02. The highest BCUT2D eigenvalue weighted by molar-refractivity contribution is 5.68. The van der Waals surface area contributed by atoms with Gasteiger partial charge in [-0.2, -0.15) is 0 Å². The Bertz CT molecular complexity index is 559. The molecular formula is C16H20N2. The van der Waals surface area contributed by atoms with E-state index in [1.165, 1.54) is 22.3 Å². The predicted octanol–water partition coefficient (Wildman–Crippen LogP) is 3.81. The van der Waals surface area contributed by atoms with Crippen LogP contribution >= 0.6 is 0 Å². The molecule has 0 unspecified atom stereocenters. The fourth-order valence-corrected chi connectivity index (χ4v) is 2.01. The lowest BCUT2D eigenvalue weighted by atomic mass is 10.1. The summed E-state index contributed by atoms with van der Waals surface area (Å²) in [4.78, 5) is 0. The fourth-order valence-electron chi connectivity index (χ4n) is 2.01. The Hall–Kier alpha value is -1.96. The van der Waals surface area contributed by atoms with Crippen LogP contribution in [0, 0.1) is 20.8 Å². The van der Waals surface area contributed by atoms with Crippen LogP contribution in [0.3, 0.4) is 0 Å². The standard InChI is InChI=1S/C16H20N2/c1-11-5-4-6-14(7-11)10-18-16-9-13(3)12(2)8-15(16)17/h4-9,18H,10,17H2,1-3H3. The molecule has 0 spiro atoms. The Balaban J connectivity index is 2.13. The van der Waals surface area contributed by atoms with E-state index in [9.17, 15) is 0 Å². The van der Waals surface area contributed by atoms with E-state index in [4.69, 9.17) is 5.73 Å². The zero-order chi connectivity index (χ0) is 13.1. The van der Waals surface area contributed by atoms with Crippen molar-refractivity contribution in [3.8, 4) is 0 Å². The van der Waals surface area contributed by atoms with Crippen LogP contribution in [0.1, 0.15) is 22.3 Å². The van der Waals surface area contributed by atoms with Crippen molar-refractivity contribution < 1.29 is 0 Å². The molecule has 0 saturated carbocycles. The molecule has 0 radical (unpaired) electrons. The van der Waals surface area contributed by atoms with Crippen LogP contribution in [-0.2, 0) is 6.54 Å². The molecule has 0 aliphatic heterocycles. The van der Waals surface area contributed by atoms with Gasteiger partial charge in [-0.05, 0) is 49.6 Å². The first-order valence-corrected chi connectivity index (χ1v) is 6.22. The van der Waals surface area contributed by atoms with Gasteiger partial charge < -0.3 is 11.1 Å². The van der Waals surface area contributed by atoms with Crippen molar-refractivity contribution in [2.45, 2.75) is 27.3 Å². The summed E-state index contributed by atoms with van der Waals surface area (Å²) < 4.78 is 0. The molecule has 0 atom stereocenters. The van der Waals surface area contributed by atoms with E-state index in [0.29, 0.717) is 0 Å². The molecule has 3 N–H and O–H groups in total. The minimum atomic E-state index is 0.800. The maximum Gasteiger partial charge on any atom is 0.0579 e. The Morgan fingerprint density at radius 2 is 1.72 bits per heavy atom. The Kier molecular flexibility index (Phi) is 3.56. The molecule has 2 nitrogen and oxygen atoms in total. The van der Waals surface area contributed by atoms with Gasteiger partial charge in [0.15, 0.2) is 0 Å². The Labute approximate surface area is 109 Å². The van der Waals surface area contributed by atoms with Crippen LogP contribution in [0.5, 0.6) is 0 Å². The maximum atomic E-state index is 6.02. The van der Waals surface area contributed by atoms with Gasteiger partial charge >= 0.3 is 0 Å². The molecular weight excluding hydrogens is 220 g/mol. The van der Waals surface area contributed by atoms with E-state index >= 15 is 0 Å². The average molecular weight is 240 g/mol. The topological polar surface area (TPSA) is 38.0 Å². The van der Waals surface area contributed by atoms with E-state index in [1.54, 1.807) is 0 Å². The van der Waals surface area contributed by atoms with Crippen molar-refractivity contribution >= 4 is 11.4 Å². The molecule has 0 amide bonds. The van der Waals surface area contributed by atoms with E-state index in [-0.39, 0.29) is 0 Å². The van der Waals surface area contributed by atoms with Crippen molar-refractivity contribution in [3.05, 3.63) is 58.7 Å². The molecule has 0 heterocycles. The van der Waals surface area contributed by atoms with Crippen molar-refractivity contribution in [1.82, 2.24) is 0 Å². The molecule has 2 heteroatoms. The van der Waals surface area contributed by atoms with Gasteiger partial charge in [-0.15, -0.1) is 0 Å². The Morgan fingerprint density at radius 3 is 2.44 bits per heavy atom. The van der Waals surface area contributed by atoms with E-state index in [1.807, 2.05) is 6.07 Å². The third-order valence-electron chi connectivity index (χ3n) is 3.23. The largest absolute Gasteiger partial charge is 0.397 e. The lowest BCUT2D eigenvalue weighted by Crippen LogP contribution is -2.03. The number of aryl methyl sites for hydroxylation is 3. The number of rotatable bonds is 3. The van der Waals surface area contributed by atoms with Crippen LogP contribution in [0.25, 0.3) is 0 Å². The quantitative estimate of drug-likeness (QED) is 0.801. The number of benzene rings is 2. The second-order valence-corrected chi connectivity index (χ2v) is 4.87. The normalized spacial score (nSPS) is 10.4. The van der Waals surface area contributed by atoms with E-state index in [2.05, 4.69) is 56.4 Å². The average Bonchev–Trinajstić information content (AvgIpc) is 2.32. The number of hydrogen-bond acceptors (Lipinski definition) is 2. The van der Waals surface area contributed by atoms with Gasteiger partial charge in [0, 0.05) is 6.54 Å². The summed E-state index contributed by atoms with van der Waals surface area (Å²) in [6.07, 6.45) is 0.